The summed E-state index contributed by atoms with van der Waals surface area (Å²) < 4.78 is 0. The van der Waals surface area contributed by atoms with Crippen LogP contribution in [0.3, 0.4) is 0 Å². The molecule has 0 radical (unpaired) electrons. The number of hydrogen-bond acceptors (Lipinski definition) is 2. The topological polar surface area (TPSA) is 24.4 Å². The van der Waals surface area contributed by atoms with Gasteiger partial charge in [0.15, 0.2) is 5.17 Å². The Morgan fingerprint density at radius 1 is 1.39 bits per heavy atom. The molecule has 1 fully saturated rings. The number of nitrogens with one attached hydrogen (secondary N) is 1. The lowest BCUT2D eigenvalue weighted by atomic mass is 10.1. The Hall–Kier alpha value is -0.960. The summed E-state index contributed by atoms with van der Waals surface area (Å²) in [6, 6.07) is 9.06. The third kappa shape index (κ3) is 3.77. The average molecular weight is 262 g/mol. The summed E-state index contributed by atoms with van der Waals surface area (Å²) in [5.41, 5.74) is 2.64. The van der Waals surface area contributed by atoms with Gasteiger partial charge in [-0.25, -0.2) is 0 Å². The van der Waals surface area contributed by atoms with Gasteiger partial charge in [-0.2, -0.15) is 0 Å². The Labute approximate surface area is 114 Å². The Balaban J connectivity index is 1.90. The van der Waals surface area contributed by atoms with Crippen LogP contribution in [0.5, 0.6) is 0 Å². The van der Waals surface area contributed by atoms with Crippen LogP contribution >= 0.6 is 11.8 Å². The maximum atomic E-state index is 4.68. The predicted octanol–water partition coefficient (Wildman–Crippen LogP) is 3.60. The van der Waals surface area contributed by atoms with E-state index in [0.717, 1.165) is 23.4 Å². The monoisotopic (exact) mass is 262 g/mol. The highest BCUT2D eigenvalue weighted by atomic mass is 32.2. The molecule has 1 aromatic rings. The van der Waals surface area contributed by atoms with Gasteiger partial charge >= 0.3 is 0 Å². The van der Waals surface area contributed by atoms with Crippen molar-refractivity contribution in [1.82, 2.24) is 5.32 Å². The zero-order chi connectivity index (χ0) is 13.0. The minimum Gasteiger partial charge on any atom is -0.361 e. The third-order valence-corrected chi connectivity index (χ3v) is 4.25. The normalized spacial score (nSPS) is 21.6. The van der Waals surface area contributed by atoms with Crippen molar-refractivity contribution in [1.29, 1.82) is 0 Å². The van der Waals surface area contributed by atoms with E-state index in [-0.39, 0.29) is 0 Å². The van der Waals surface area contributed by atoms with Crippen LogP contribution in [0.15, 0.2) is 29.3 Å². The van der Waals surface area contributed by atoms with Crippen LogP contribution in [0.1, 0.15) is 31.4 Å². The van der Waals surface area contributed by atoms with Crippen LogP contribution < -0.4 is 5.32 Å². The van der Waals surface area contributed by atoms with Crippen molar-refractivity contribution in [3.8, 4) is 0 Å². The Morgan fingerprint density at radius 2 is 2.17 bits per heavy atom. The molecule has 1 aliphatic rings. The molecule has 18 heavy (non-hydrogen) atoms. The van der Waals surface area contributed by atoms with E-state index in [1.165, 1.54) is 17.5 Å². The van der Waals surface area contributed by atoms with Crippen LogP contribution in [-0.2, 0) is 6.54 Å². The first-order chi connectivity index (χ1) is 8.65. The number of amidine groups is 1. The number of benzene rings is 1. The molecule has 0 aromatic heterocycles. The van der Waals surface area contributed by atoms with Gasteiger partial charge in [0.1, 0.15) is 0 Å². The van der Waals surface area contributed by atoms with E-state index in [4.69, 9.17) is 0 Å². The zero-order valence-corrected chi connectivity index (χ0v) is 12.3. The molecule has 0 amide bonds. The highest BCUT2D eigenvalue weighted by Gasteiger charge is 2.20. The number of nitrogens with zero attached hydrogens (tertiary/aromatic N) is 1. The van der Waals surface area contributed by atoms with E-state index in [1.54, 1.807) is 0 Å². The molecule has 1 aliphatic heterocycles. The van der Waals surface area contributed by atoms with Gasteiger partial charge in [-0.15, -0.1) is 0 Å². The average Bonchev–Trinajstić information content (AvgIpc) is 2.75. The summed E-state index contributed by atoms with van der Waals surface area (Å²) in [7, 11) is 0. The Morgan fingerprint density at radius 3 is 2.89 bits per heavy atom. The van der Waals surface area contributed by atoms with Gasteiger partial charge in [0.2, 0.25) is 0 Å². The molecule has 1 heterocycles. The molecule has 98 valence electrons. The molecule has 1 N–H and O–H groups in total. The molecule has 1 aromatic carbocycles. The lowest BCUT2D eigenvalue weighted by Gasteiger charge is -2.11. The molecular formula is C15H22N2S. The van der Waals surface area contributed by atoms with Crippen molar-refractivity contribution in [2.24, 2.45) is 10.9 Å². The second-order valence-electron chi connectivity index (χ2n) is 5.33. The van der Waals surface area contributed by atoms with E-state index in [1.807, 2.05) is 11.8 Å². The third-order valence-electron chi connectivity index (χ3n) is 3.16. The number of rotatable bonds is 4. The van der Waals surface area contributed by atoms with E-state index in [0.29, 0.717) is 6.04 Å². The number of hydrogen-bond donors (Lipinski definition) is 1. The van der Waals surface area contributed by atoms with Crippen molar-refractivity contribution in [2.75, 3.05) is 5.75 Å². The van der Waals surface area contributed by atoms with Gasteiger partial charge in [-0.05, 0) is 30.4 Å². The van der Waals surface area contributed by atoms with Gasteiger partial charge in [-0.3, -0.25) is 4.99 Å². The summed E-state index contributed by atoms with van der Waals surface area (Å²) in [5, 5.41) is 4.64. The second-order valence-corrected chi connectivity index (χ2v) is 6.34. The van der Waals surface area contributed by atoms with Crippen molar-refractivity contribution in [3.05, 3.63) is 35.4 Å². The number of aryl methyl sites for hydroxylation is 1. The van der Waals surface area contributed by atoms with Crippen molar-refractivity contribution < 1.29 is 0 Å². The van der Waals surface area contributed by atoms with E-state index in [9.17, 15) is 0 Å². The fourth-order valence-electron chi connectivity index (χ4n) is 2.17. The highest BCUT2D eigenvalue weighted by molar-refractivity contribution is 8.14. The summed E-state index contributed by atoms with van der Waals surface area (Å²) in [6.45, 7) is 7.48. The molecule has 0 bridgehead atoms. The van der Waals surface area contributed by atoms with Crippen molar-refractivity contribution in [3.63, 3.8) is 0 Å². The molecular weight excluding hydrogens is 240 g/mol. The summed E-state index contributed by atoms with van der Waals surface area (Å²) in [6.07, 6.45) is 1.23. The maximum absolute atomic E-state index is 4.68. The first-order valence-corrected chi connectivity index (χ1v) is 7.62. The second kappa shape index (κ2) is 6.28. The van der Waals surface area contributed by atoms with Crippen LogP contribution in [0, 0.1) is 12.8 Å². The smallest absolute Gasteiger partial charge is 0.157 e. The van der Waals surface area contributed by atoms with Crippen molar-refractivity contribution in [2.45, 2.75) is 39.8 Å². The van der Waals surface area contributed by atoms with Gasteiger partial charge in [0.25, 0.3) is 0 Å². The summed E-state index contributed by atoms with van der Waals surface area (Å²) in [4.78, 5) is 4.68. The lowest BCUT2D eigenvalue weighted by Crippen LogP contribution is -2.28. The van der Waals surface area contributed by atoms with Crippen LogP contribution in [0.4, 0.5) is 0 Å². The first kappa shape index (κ1) is 13.5. The minimum atomic E-state index is 0.602. The fourth-order valence-corrected chi connectivity index (χ4v) is 3.15. The maximum Gasteiger partial charge on any atom is 0.157 e. The molecule has 1 atom stereocenters. The molecule has 2 rings (SSSR count). The van der Waals surface area contributed by atoms with Gasteiger partial charge in [0.05, 0.1) is 6.54 Å². The van der Waals surface area contributed by atoms with Gasteiger partial charge in [-0.1, -0.05) is 49.9 Å². The van der Waals surface area contributed by atoms with E-state index >= 15 is 0 Å². The number of thioether (sulfide) groups is 1. The standard InChI is InChI=1S/C15H22N2S/c1-11(2)8-14-10-18-15(17-14)16-9-13-7-5-4-6-12(13)3/h4-7,11,14H,8-10H2,1-3H3,(H,16,17). The summed E-state index contributed by atoms with van der Waals surface area (Å²) in [5.74, 6) is 1.91. The Bertz CT molecular complexity index is 426. The largest absolute Gasteiger partial charge is 0.361 e. The fraction of sp³-hybridized carbons (Fsp3) is 0.533. The highest BCUT2D eigenvalue weighted by Crippen LogP contribution is 2.20. The molecule has 0 saturated carbocycles. The van der Waals surface area contributed by atoms with Gasteiger partial charge < -0.3 is 5.32 Å². The molecule has 1 unspecified atom stereocenters. The molecule has 1 saturated heterocycles. The van der Waals surface area contributed by atoms with Crippen LogP contribution in [0.2, 0.25) is 0 Å². The quantitative estimate of drug-likeness (QED) is 0.896. The molecule has 0 spiro atoms. The van der Waals surface area contributed by atoms with E-state index < -0.39 is 0 Å². The molecule has 3 heteroatoms. The van der Waals surface area contributed by atoms with Crippen LogP contribution in [-0.4, -0.2) is 17.0 Å². The predicted molar refractivity (Wildman–Crippen MR) is 81.2 cm³/mol. The SMILES string of the molecule is Cc1ccccc1CN=C1NC(CC(C)C)CS1. The molecule has 2 nitrogen and oxygen atoms in total. The first-order valence-electron chi connectivity index (χ1n) is 6.63. The summed E-state index contributed by atoms with van der Waals surface area (Å²) >= 11 is 1.86. The number of aliphatic imine (C=N–C) groups is 1. The Kier molecular flexibility index (Phi) is 4.70. The minimum absolute atomic E-state index is 0.602. The van der Waals surface area contributed by atoms with Crippen molar-refractivity contribution >= 4 is 16.9 Å². The zero-order valence-electron chi connectivity index (χ0n) is 11.4. The lowest BCUT2D eigenvalue weighted by molar-refractivity contribution is 0.502. The molecule has 0 aliphatic carbocycles. The van der Waals surface area contributed by atoms with Crippen LogP contribution in [0.25, 0.3) is 0 Å². The van der Waals surface area contributed by atoms with Gasteiger partial charge in [0, 0.05) is 11.8 Å². The van der Waals surface area contributed by atoms with E-state index in [2.05, 4.69) is 55.3 Å².